The van der Waals surface area contributed by atoms with Gasteiger partial charge in [0, 0.05) is 12.0 Å². The molecule has 1 rings (SSSR count). The number of hydrogen-bond acceptors (Lipinski definition) is 2. The minimum Gasteiger partial charge on any atom is -0.369 e. The van der Waals surface area contributed by atoms with E-state index in [1.165, 1.54) is 0 Å². The summed E-state index contributed by atoms with van der Waals surface area (Å²) in [6.45, 7) is 7.60. The summed E-state index contributed by atoms with van der Waals surface area (Å²) >= 11 is 0. The lowest BCUT2D eigenvalue weighted by Crippen LogP contribution is -2.43. The van der Waals surface area contributed by atoms with E-state index in [1.54, 1.807) is 0 Å². The van der Waals surface area contributed by atoms with Crippen molar-refractivity contribution in [1.29, 1.82) is 0 Å². The van der Waals surface area contributed by atoms with Crippen molar-refractivity contribution in [3.05, 3.63) is 0 Å². The first-order chi connectivity index (χ1) is 6.38. The van der Waals surface area contributed by atoms with Crippen molar-refractivity contribution >= 4 is 5.91 Å². The van der Waals surface area contributed by atoms with Crippen molar-refractivity contribution in [3.63, 3.8) is 0 Å². The van der Waals surface area contributed by atoms with E-state index < -0.39 is 0 Å². The van der Waals surface area contributed by atoms with Crippen LogP contribution in [0.1, 0.15) is 40.0 Å². The largest absolute Gasteiger partial charge is 0.369 e. The summed E-state index contributed by atoms with van der Waals surface area (Å²) in [5.74, 6) is -0.0472. The van der Waals surface area contributed by atoms with Crippen molar-refractivity contribution in [2.75, 3.05) is 6.54 Å². The molecule has 1 saturated heterocycles. The molecular weight excluding hydrogens is 176 g/mol. The molecule has 0 aromatic heterocycles. The molecule has 0 aromatic carbocycles. The molecule has 1 aliphatic rings. The Balaban J connectivity index is 2.44. The lowest BCUT2D eigenvalue weighted by atomic mass is 9.82. The number of amides is 1. The van der Waals surface area contributed by atoms with Crippen LogP contribution in [-0.2, 0) is 4.79 Å². The zero-order valence-corrected chi connectivity index (χ0v) is 9.47. The van der Waals surface area contributed by atoms with Gasteiger partial charge in [0.1, 0.15) is 0 Å². The van der Waals surface area contributed by atoms with E-state index in [0.29, 0.717) is 11.5 Å². The number of rotatable bonds is 2. The Bertz CT molecular complexity index is 208. The van der Waals surface area contributed by atoms with Crippen LogP contribution in [0.2, 0.25) is 0 Å². The molecule has 2 atom stereocenters. The molecule has 0 aliphatic carbocycles. The first kappa shape index (κ1) is 11.5. The highest BCUT2D eigenvalue weighted by atomic mass is 16.1. The van der Waals surface area contributed by atoms with Gasteiger partial charge in [0.2, 0.25) is 5.91 Å². The Morgan fingerprint density at radius 2 is 2.14 bits per heavy atom. The molecule has 0 bridgehead atoms. The van der Waals surface area contributed by atoms with E-state index in [2.05, 4.69) is 26.1 Å². The molecular formula is C11H22N2O. The number of primary amides is 1. The van der Waals surface area contributed by atoms with Crippen LogP contribution < -0.4 is 11.1 Å². The van der Waals surface area contributed by atoms with Crippen molar-refractivity contribution < 1.29 is 4.79 Å². The maximum absolute atomic E-state index is 11.1. The molecule has 3 nitrogen and oxygen atoms in total. The highest BCUT2D eigenvalue weighted by molar-refractivity contribution is 5.76. The van der Waals surface area contributed by atoms with E-state index in [1.807, 2.05) is 0 Å². The Labute approximate surface area is 86.4 Å². The molecule has 0 aromatic rings. The molecule has 14 heavy (non-hydrogen) atoms. The molecule has 0 saturated carbocycles. The molecule has 3 N–H and O–H groups in total. The van der Waals surface area contributed by atoms with Crippen molar-refractivity contribution in [2.24, 2.45) is 17.1 Å². The average molecular weight is 198 g/mol. The summed E-state index contributed by atoms with van der Waals surface area (Å²) < 4.78 is 0. The second kappa shape index (κ2) is 4.30. The van der Waals surface area contributed by atoms with Gasteiger partial charge < -0.3 is 11.1 Å². The van der Waals surface area contributed by atoms with Crippen LogP contribution >= 0.6 is 0 Å². The van der Waals surface area contributed by atoms with E-state index in [9.17, 15) is 4.79 Å². The molecule has 1 aliphatic heterocycles. The highest BCUT2D eigenvalue weighted by Crippen LogP contribution is 2.26. The molecule has 3 heteroatoms. The quantitative estimate of drug-likeness (QED) is 0.702. The van der Waals surface area contributed by atoms with Crippen LogP contribution in [0, 0.1) is 11.3 Å². The fourth-order valence-electron chi connectivity index (χ4n) is 2.16. The second-order valence-electron chi connectivity index (χ2n) is 5.54. The Hall–Kier alpha value is -0.570. The van der Waals surface area contributed by atoms with E-state index in [0.717, 1.165) is 25.8 Å². The van der Waals surface area contributed by atoms with Crippen LogP contribution in [-0.4, -0.2) is 18.5 Å². The average Bonchev–Trinajstić information content (AvgIpc) is 2.01. The maximum Gasteiger partial charge on any atom is 0.220 e. The third kappa shape index (κ3) is 3.66. The van der Waals surface area contributed by atoms with Gasteiger partial charge in [-0.25, -0.2) is 0 Å². The van der Waals surface area contributed by atoms with E-state index in [4.69, 9.17) is 5.73 Å². The summed E-state index contributed by atoms with van der Waals surface area (Å²) in [6, 6.07) is 0.459. The molecule has 82 valence electrons. The summed E-state index contributed by atoms with van der Waals surface area (Å²) in [4.78, 5) is 11.1. The Morgan fingerprint density at radius 3 is 2.64 bits per heavy atom. The van der Waals surface area contributed by atoms with Crippen LogP contribution in [0.5, 0.6) is 0 Å². The monoisotopic (exact) mass is 198 g/mol. The summed E-state index contributed by atoms with van der Waals surface area (Å²) in [6.07, 6.45) is 2.92. The van der Waals surface area contributed by atoms with Gasteiger partial charge in [-0.1, -0.05) is 20.8 Å². The number of nitrogens with one attached hydrogen (secondary N) is 1. The zero-order chi connectivity index (χ0) is 10.8. The fourth-order valence-corrected chi connectivity index (χ4v) is 2.16. The lowest BCUT2D eigenvalue weighted by Gasteiger charge is -2.33. The number of carbonyl (C=O) groups is 1. The first-order valence-corrected chi connectivity index (χ1v) is 5.41. The van der Waals surface area contributed by atoms with Gasteiger partial charge in [0.25, 0.3) is 0 Å². The highest BCUT2D eigenvalue weighted by Gasteiger charge is 2.27. The summed E-state index contributed by atoms with van der Waals surface area (Å²) in [5, 5.41) is 3.45. The van der Waals surface area contributed by atoms with Gasteiger partial charge in [-0.15, -0.1) is 0 Å². The number of carbonyl (C=O) groups excluding carboxylic acids is 1. The van der Waals surface area contributed by atoms with Gasteiger partial charge in [0.05, 0.1) is 0 Å². The number of piperidine rings is 1. The van der Waals surface area contributed by atoms with Gasteiger partial charge in [0.15, 0.2) is 0 Å². The molecule has 1 fully saturated rings. The molecule has 1 heterocycles. The van der Waals surface area contributed by atoms with Crippen LogP contribution in [0.3, 0.4) is 0 Å². The van der Waals surface area contributed by atoms with Gasteiger partial charge >= 0.3 is 0 Å². The van der Waals surface area contributed by atoms with Crippen molar-refractivity contribution in [1.82, 2.24) is 5.32 Å². The fraction of sp³-hybridized carbons (Fsp3) is 0.909. The van der Waals surface area contributed by atoms with E-state index >= 15 is 0 Å². The van der Waals surface area contributed by atoms with E-state index in [-0.39, 0.29) is 11.8 Å². The number of nitrogens with two attached hydrogens (primary N) is 1. The third-order valence-electron chi connectivity index (χ3n) is 2.76. The van der Waals surface area contributed by atoms with Gasteiger partial charge in [-0.05, 0) is 31.2 Å². The standard InChI is InChI=1S/C11H22N2O/c1-11(2,3)7-9-6-8(10(12)14)4-5-13-9/h8-9,13H,4-7H2,1-3H3,(H2,12,14). The Kier molecular flexibility index (Phi) is 3.53. The molecule has 2 unspecified atom stereocenters. The second-order valence-corrected chi connectivity index (χ2v) is 5.54. The van der Waals surface area contributed by atoms with Crippen LogP contribution in [0.4, 0.5) is 0 Å². The molecule has 0 radical (unpaired) electrons. The van der Waals surface area contributed by atoms with Gasteiger partial charge in [-0.2, -0.15) is 0 Å². The van der Waals surface area contributed by atoms with Gasteiger partial charge in [-0.3, -0.25) is 4.79 Å². The topological polar surface area (TPSA) is 55.1 Å². The predicted octanol–water partition coefficient (Wildman–Crippen LogP) is 1.28. The zero-order valence-electron chi connectivity index (χ0n) is 9.47. The predicted molar refractivity (Wildman–Crippen MR) is 57.8 cm³/mol. The van der Waals surface area contributed by atoms with Crippen molar-refractivity contribution in [2.45, 2.75) is 46.1 Å². The number of hydrogen-bond donors (Lipinski definition) is 2. The van der Waals surface area contributed by atoms with Crippen molar-refractivity contribution in [3.8, 4) is 0 Å². The summed E-state index contributed by atoms with van der Waals surface area (Å²) in [7, 11) is 0. The van der Waals surface area contributed by atoms with Crippen LogP contribution in [0.15, 0.2) is 0 Å². The normalized spacial score (nSPS) is 28.8. The maximum atomic E-state index is 11.1. The summed E-state index contributed by atoms with van der Waals surface area (Å²) in [5.41, 5.74) is 5.64. The van der Waals surface area contributed by atoms with Crippen LogP contribution in [0.25, 0.3) is 0 Å². The SMILES string of the molecule is CC(C)(C)CC1CC(C(N)=O)CCN1. The Morgan fingerprint density at radius 1 is 1.50 bits per heavy atom. The first-order valence-electron chi connectivity index (χ1n) is 5.41. The molecule has 1 amide bonds. The third-order valence-corrected chi connectivity index (χ3v) is 2.76. The molecule has 0 spiro atoms. The minimum absolute atomic E-state index is 0.0867. The lowest BCUT2D eigenvalue weighted by molar-refractivity contribution is -0.122. The minimum atomic E-state index is -0.134. The smallest absolute Gasteiger partial charge is 0.220 e.